The van der Waals surface area contributed by atoms with Crippen molar-refractivity contribution in [1.29, 1.82) is 0 Å². The van der Waals surface area contributed by atoms with Gasteiger partial charge in [0, 0.05) is 31.3 Å². The van der Waals surface area contributed by atoms with E-state index < -0.39 is 0 Å². The van der Waals surface area contributed by atoms with Gasteiger partial charge < -0.3 is 10.1 Å². The Labute approximate surface area is 87.0 Å². The maximum atomic E-state index is 5.30. The van der Waals surface area contributed by atoms with Crippen molar-refractivity contribution in [2.75, 3.05) is 25.1 Å². The summed E-state index contributed by atoms with van der Waals surface area (Å²) in [5.74, 6) is 0.803. The fourth-order valence-corrected chi connectivity index (χ4v) is 2.01. The minimum Gasteiger partial charge on any atom is -0.381 e. The summed E-state index contributed by atoms with van der Waals surface area (Å²) < 4.78 is 8.99. The number of aromatic nitrogens is 3. The lowest BCUT2D eigenvalue weighted by Gasteiger charge is -2.21. The summed E-state index contributed by atoms with van der Waals surface area (Å²) in [4.78, 5) is 0. The van der Waals surface area contributed by atoms with Gasteiger partial charge in [0.2, 0.25) is 5.13 Å². The molecular formula is C8H14N4OS. The van der Waals surface area contributed by atoms with Crippen LogP contribution in [-0.2, 0) is 4.74 Å². The maximum absolute atomic E-state index is 5.30. The first kappa shape index (κ1) is 9.79. The highest BCUT2D eigenvalue weighted by atomic mass is 32.1. The summed E-state index contributed by atoms with van der Waals surface area (Å²) in [7, 11) is 0. The molecule has 0 radical (unpaired) electrons. The quantitative estimate of drug-likeness (QED) is 0.815. The highest BCUT2D eigenvalue weighted by Crippen LogP contribution is 2.18. The zero-order valence-corrected chi connectivity index (χ0v) is 8.79. The second-order valence-electron chi connectivity index (χ2n) is 3.44. The molecule has 0 aromatic carbocycles. The smallest absolute Gasteiger partial charge is 0.225 e. The van der Waals surface area contributed by atoms with Crippen LogP contribution in [0.3, 0.4) is 0 Å². The summed E-state index contributed by atoms with van der Waals surface area (Å²) in [5.41, 5.74) is 0. The Kier molecular flexibility index (Phi) is 3.64. The summed E-state index contributed by atoms with van der Waals surface area (Å²) in [6.07, 6.45) is 3.56. The highest BCUT2D eigenvalue weighted by Gasteiger charge is 2.13. The minimum absolute atomic E-state index is 0.803. The van der Waals surface area contributed by atoms with E-state index in [1.165, 1.54) is 30.8 Å². The predicted octanol–water partition coefficient (Wildman–Crippen LogP) is 1.16. The molecule has 14 heavy (non-hydrogen) atoms. The fourth-order valence-electron chi connectivity index (χ4n) is 1.62. The van der Waals surface area contributed by atoms with E-state index in [2.05, 4.69) is 20.1 Å². The van der Waals surface area contributed by atoms with Gasteiger partial charge in [-0.1, -0.05) is 9.59 Å². The van der Waals surface area contributed by atoms with Gasteiger partial charge in [0.1, 0.15) is 0 Å². The first-order valence-electron chi connectivity index (χ1n) is 4.92. The lowest BCUT2D eigenvalue weighted by Crippen LogP contribution is -2.18. The van der Waals surface area contributed by atoms with E-state index in [-0.39, 0.29) is 0 Å². The average Bonchev–Trinajstić information content (AvgIpc) is 2.72. The van der Waals surface area contributed by atoms with Crippen molar-refractivity contribution < 1.29 is 4.74 Å². The molecule has 0 spiro atoms. The number of anilines is 1. The van der Waals surface area contributed by atoms with E-state index in [1.54, 1.807) is 0 Å². The molecule has 1 fully saturated rings. The number of hydrogen-bond donors (Lipinski definition) is 1. The van der Waals surface area contributed by atoms with Gasteiger partial charge in [-0.05, 0) is 30.4 Å². The number of rotatable bonds is 4. The topological polar surface area (TPSA) is 59.9 Å². The third-order valence-electron chi connectivity index (χ3n) is 2.47. The molecule has 0 saturated carbocycles. The predicted molar refractivity (Wildman–Crippen MR) is 54.4 cm³/mol. The van der Waals surface area contributed by atoms with Crippen molar-refractivity contribution in [3.05, 3.63) is 0 Å². The first-order valence-corrected chi connectivity index (χ1v) is 5.69. The molecule has 1 aliphatic heterocycles. The van der Waals surface area contributed by atoms with Crippen LogP contribution in [0.25, 0.3) is 0 Å². The second kappa shape index (κ2) is 5.21. The molecule has 2 heterocycles. The first-order chi connectivity index (χ1) is 6.95. The van der Waals surface area contributed by atoms with Gasteiger partial charge in [-0.15, -0.1) is 0 Å². The van der Waals surface area contributed by atoms with Crippen molar-refractivity contribution in [3.8, 4) is 0 Å². The SMILES string of the molecule is C(CC1CCOCC1)Nc1nnns1. The molecule has 5 nitrogen and oxygen atoms in total. The van der Waals surface area contributed by atoms with Crippen LogP contribution in [0, 0.1) is 5.92 Å². The van der Waals surface area contributed by atoms with Crippen LogP contribution in [0.5, 0.6) is 0 Å². The van der Waals surface area contributed by atoms with Gasteiger partial charge in [-0.25, -0.2) is 0 Å². The average molecular weight is 214 g/mol. The molecule has 1 saturated heterocycles. The molecule has 1 N–H and O–H groups in total. The van der Waals surface area contributed by atoms with Crippen molar-refractivity contribution in [1.82, 2.24) is 14.8 Å². The van der Waals surface area contributed by atoms with E-state index in [0.29, 0.717) is 0 Å². The third-order valence-corrected chi connectivity index (χ3v) is 3.02. The largest absolute Gasteiger partial charge is 0.381 e. The van der Waals surface area contributed by atoms with Gasteiger partial charge >= 0.3 is 0 Å². The Morgan fingerprint density at radius 3 is 3.00 bits per heavy atom. The normalized spacial score (nSPS) is 18.3. The zero-order valence-electron chi connectivity index (χ0n) is 7.98. The lowest BCUT2D eigenvalue weighted by atomic mass is 9.97. The second-order valence-corrected chi connectivity index (χ2v) is 4.17. The number of nitrogens with one attached hydrogen (secondary N) is 1. The lowest BCUT2D eigenvalue weighted by molar-refractivity contribution is 0.0649. The molecule has 78 valence electrons. The third kappa shape index (κ3) is 2.88. The van der Waals surface area contributed by atoms with E-state index in [9.17, 15) is 0 Å². The Hall–Kier alpha value is -0.750. The number of nitrogens with zero attached hydrogens (tertiary/aromatic N) is 3. The van der Waals surface area contributed by atoms with Gasteiger partial charge in [0.25, 0.3) is 0 Å². The summed E-state index contributed by atoms with van der Waals surface area (Å²) >= 11 is 1.30. The Bertz CT molecular complexity index is 248. The highest BCUT2D eigenvalue weighted by molar-refractivity contribution is 7.09. The minimum atomic E-state index is 0.803. The van der Waals surface area contributed by atoms with E-state index in [1.807, 2.05) is 0 Å². The fraction of sp³-hybridized carbons (Fsp3) is 0.875. The Morgan fingerprint density at radius 2 is 2.29 bits per heavy atom. The molecule has 0 amide bonds. The van der Waals surface area contributed by atoms with Gasteiger partial charge in [-0.2, -0.15) is 0 Å². The van der Waals surface area contributed by atoms with Crippen LogP contribution >= 0.6 is 11.5 Å². The van der Waals surface area contributed by atoms with Crippen molar-refractivity contribution in [2.45, 2.75) is 19.3 Å². The molecule has 0 bridgehead atoms. The van der Waals surface area contributed by atoms with Crippen molar-refractivity contribution in [2.24, 2.45) is 5.92 Å². The molecule has 0 unspecified atom stereocenters. The summed E-state index contributed by atoms with van der Waals surface area (Å²) in [5, 5.41) is 11.4. The maximum Gasteiger partial charge on any atom is 0.225 e. The van der Waals surface area contributed by atoms with E-state index in [4.69, 9.17) is 4.74 Å². The van der Waals surface area contributed by atoms with Crippen molar-refractivity contribution >= 4 is 16.7 Å². The number of ether oxygens (including phenoxy) is 1. The Morgan fingerprint density at radius 1 is 1.43 bits per heavy atom. The van der Waals surface area contributed by atoms with Gasteiger partial charge in [0.15, 0.2) is 0 Å². The van der Waals surface area contributed by atoms with Crippen molar-refractivity contribution in [3.63, 3.8) is 0 Å². The van der Waals surface area contributed by atoms with Crippen LogP contribution in [0.15, 0.2) is 0 Å². The van der Waals surface area contributed by atoms with Crippen LogP contribution in [-0.4, -0.2) is 34.6 Å². The van der Waals surface area contributed by atoms with E-state index >= 15 is 0 Å². The van der Waals surface area contributed by atoms with Crippen LogP contribution in [0.4, 0.5) is 5.13 Å². The molecular weight excluding hydrogens is 200 g/mol. The van der Waals surface area contributed by atoms with Crippen LogP contribution in [0.2, 0.25) is 0 Å². The molecule has 0 aliphatic carbocycles. The number of hydrogen-bond acceptors (Lipinski definition) is 6. The standard InChI is InChI=1S/C8H14N4OS/c1(7-2-5-13-6-3-7)4-9-8-10-11-12-14-8/h7H,1-6H2,(H,9,10,12). The molecule has 1 aromatic rings. The molecule has 1 aliphatic rings. The Balaban J connectivity index is 1.62. The summed E-state index contributed by atoms with van der Waals surface area (Å²) in [6, 6.07) is 0. The molecule has 1 aromatic heterocycles. The van der Waals surface area contributed by atoms with Gasteiger partial charge in [-0.3, -0.25) is 0 Å². The van der Waals surface area contributed by atoms with Gasteiger partial charge in [0.05, 0.1) is 0 Å². The summed E-state index contributed by atoms with van der Waals surface area (Å²) in [6.45, 7) is 2.80. The van der Waals surface area contributed by atoms with Crippen LogP contribution < -0.4 is 5.32 Å². The van der Waals surface area contributed by atoms with E-state index in [0.717, 1.165) is 30.8 Å². The monoisotopic (exact) mass is 214 g/mol. The van der Waals surface area contributed by atoms with Crippen LogP contribution in [0.1, 0.15) is 19.3 Å². The molecule has 6 heteroatoms. The molecule has 2 rings (SSSR count). The molecule has 0 atom stereocenters. The zero-order chi connectivity index (χ0) is 9.64.